The van der Waals surface area contributed by atoms with Gasteiger partial charge in [-0.15, -0.1) is 0 Å². The number of allylic oxidation sites excluding steroid dienone is 1. The minimum absolute atomic E-state index is 0.131. The molecular formula is C15H15ClN2O5. The normalized spacial score (nSPS) is 22.4. The van der Waals surface area contributed by atoms with Crippen molar-refractivity contribution < 1.29 is 24.6 Å². The molecule has 1 aliphatic heterocycles. The lowest BCUT2D eigenvalue weighted by atomic mass is 9.87. The number of anilines is 1. The summed E-state index contributed by atoms with van der Waals surface area (Å²) in [5.74, 6) is -3.87. The van der Waals surface area contributed by atoms with Gasteiger partial charge in [-0.1, -0.05) is 11.6 Å². The molecule has 1 atom stereocenters. The molecule has 0 aliphatic carbocycles. The fourth-order valence-corrected chi connectivity index (χ4v) is 2.65. The highest BCUT2D eigenvalue weighted by molar-refractivity contribution is 6.30. The van der Waals surface area contributed by atoms with E-state index >= 15 is 0 Å². The molecule has 1 unspecified atom stereocenters. The van der Waals surface area contributed by atoms with Crippen LogP contribution in [0.3, 0.4) is 0 Å². The number of halogens is 1. The van der Waals surface area contributed by atoms with E-state index in [1.807, 2.05) is 0 Å². The molecule has 1 aromatic rings. The summed E-state index contributed by atoms with van der Waals surface area (Å²) in [7, 11) is 1.42. The molecule has 8 heteroatoms. The lowest BCUT2D eigenvalue weighted by Gasteiger charge is -2.46. The molecule has 1 heterocycles. The number of hydrazine groups is 1. The topological polar surface area (TPSA) is 98.1 Å². The summed E-state index contributed by atoms with van der Waals surface area (Å²) < 4.78 is 0. The van der Waals surface area contributed by atoms with Crippen LogP contribution in [-0.4, -0.2) is 45.5 Å². The highest BCUT2D eigenvalue weighted by Crippen LogP contribution is 2.35. The van der Waals surface area contributed by atoms with E-state index < -0.39 is 28.8 Å². The average Bonchev–Trinajstić information content (AvgIpc) is 2.46. The van der Waals surface area contributed by atoms with Crippen LogP contribution in [0.15, 0.2) is 35.5 Å². The third-order valence-corrected chi connectivity index (χ3v) is 4.25. The fourth-order valence-electron chi connectivity index (χ4n) is 2.52. The first kappa shape index (κ1) is 17.0. The largest absolute Gasteiger partial charge is 0.479 e. The molecule has 2 rings (SSSR count). The van der Waals surface area contributed by atoms with Gasteiger partial charge in [0.2, 0.25) is 5.78 Å². The second kappa shape index (κ2) is 5.68. The molecule has 2 N–H and O–H groups in total. The Balaban J connectivity index is 2.73. The van der Waals surface area contributed by atoms with Gasteiger partial charge in [-0.3, -0.25) is 9.80 Å². The molecule has 0 spiro atoms. The van der Waals surface area contributed by atoms with Gasteiger partial charge in [-0.05, 0) is 38.1 Å². The number of aliphatic carboxylic acids is 2. The number of hydrogen-bond donors (Lipinski definition) is 2. The van der Waals surface area contributed by atoms with Crippen LogP contribution < -0.4 is 5.01 Å². The number of carbonyl (C=O) groups is 3. The monoisotopic (exact) mass is 338 g/mol. The van der Waals surface area contributed by atoms with E-state index in [1.165, 1.54) is 30.9 Å². The van der Waals surface area contributed by atoms with Crippen molar-refractivity contribution in [2.24, 2.45) is 0 Å². The summed E-state index contributed by atoms with van der Waals surface area (Å²) >= 11 is 5.85. The number of Topliss-reactive ketones (excluding diaryl/α,β-unsaturated/α-hetero) is 1. The van der Waals surface area contributed by atoms with Crippen molar-refractivity contribution in [3.05, 3.63) is 40.6 Å². The highest BCUT2D eigenvalue weighted by atomic mass is 35.5. The molecule has 0 fully saturated rings. The summed E-state index contributed by atoms with van der Waals surface area (Å²) in [6.45, 7) is 2.63. The quantitative estimate of drug-likeness (QED) is 0.640. The Morgan fingerprint density at radius 1 is 1.17 bits per heavy atom. The first-order chi connectivity index (χ1) is 10.6. The molecule has 0 saturated heterocycles. The van der Waals surface area contributed by atoms with Crippen LogP contribution in [0.1, 0.15) is 13.8 Å². The van der Waals surface area contributed by atoms with Gasteiger partial charge in [0.15, 0.2) is 5.54 Å². The molecule has 0 saturated carbocycles. The van der Waals surface area contributed by atoms with Gasteiger partial charge in [0, 0.05) is 12.1 Å². The van der Waals surface area contributed by atoms with E-state index in [2.05, 4.69) is 0 Å². The van der Waals surface area contributed by atoms with E-state index in [1.54, 1.807) is 24.3 Å². The molecule has 0 aromatic heterocycles. The molecule has 0 amide bonds. The Kier molecular flexibility index (Phi) is 4.19. The van der Waals surface area contributed by atoms with E-state index in [4.69, 9.17) is 11.6 Å². The van der Waals surface area contributed by atoms with Crippen molar-refractivity contribution in [3.8, 4) is 0 Å². The molecule has 0 bridgehead atoms. The second-order valence-corrected chi connectivity index (χ2v) is 5.72. The number of hydrogen-bond acceptors (Lipinski definition) is 5. The number of ketones is 1. The van der Waals surface area contributed by atoms with Crippen LogP contribution in [0.2, 0.25) is 5.02 Å². The summed E-state index contributed by atoms with van der Waals surface area (Å²) in [5, 5.41) is 21.9. The van der Waals surface area contributed by atoms with Crippen LogP contribution in [0.4, 0.5) is 5.69 Å². The van der Waals surface area contributed by atoms with Crippen LogP contribution >= 0.6 is 11.6 Å². The van der Waals surface area contributed by atoms with Crippen molar-refractivity contribution in [2.75, 3.05) is 12.1 Å². The zero-order valence-corrected chi connectivity index (χ0v) is 13.5. The van der Waals surface area contributed by atoms with Crippen LogP contribution in [-0.2, 0) is 14.4 Å². The molecule has 1 aliphatic rings. The molecule has 23 heavy (non-hydrogen) atoms. The minimum Gasteiger partial charge on any atom is -0.479 e. The smallest absolute Gasteiger partial charge is 0.341 e. The number of carboxylic acid groups (broad SMARTS) is 2. The maximum absolute atomic E-state index is 12.5. The standard InChI is InChI=1S/C15H15ClN2O5/c1-8-11(13(20)21)12(19)15(2,14(22)23)17(3)18(8)10-6-4-9(16)5-7-10/h4-7H,1-3H3,(H,20,21)(H,22,23). The average molecular weight is 339 g/mol. The predicted molar refractivity (Wildman–Crippen MR) is 83.1 cm³/mol. The van der Waals surface area contributed by atoms with Gasteiger partial charge in [-0.2, -0.15) is 5.01 Å². The van der Waals surface area contributed by atoms with Gasteiger partial charge in [0.05, 0.1) is 11.4 Å². The Hall–Kier alpha value is -2.38. The molecule has 0 radical (unpaired) electrons. The van der Waals surface area contributed by atoms with E-state index in [0.717, 1.165) is 0 Å². The number of benzene rings is 1. The first-order valence-electron chi connectivity index (χ1n) is 6.64. The van der Waals surface area contributed by atoms with Gasteiger partial charge in [0.1, 0.15) is 5.57 Å². The number of carboxylic acids is 2. The zero-order valence-electron chi connectivity index (χ0n) is 12.7. The summed E-state index contributed by atoms with van der Waals surface area (Å²) in [6, 6.07) is 6.40. The Bertz CT molecular complexity index is 728. The van der Waals surface area contributed by atoms with Gasteiger partial charge < -0.3 is 10.2 Å². The van der Waals surface area contributed by atoms with E-state index in [0.29, 0.717) is 10.7 Å². The first-order valence-corrected chi connectivity index (χ1v) is 7.02. The number of nitrogens with zero attached hydrogens (tertiary/aromatic N) is 2. The Morgan fingerprint density at radius 2 is 1.70 bits per heavy atom. The maximum Gasteiger partial charge on any atom is 0.341 e. The van der Waals surface area contributed by atoms with Crippen molar-refractivity contribution in [1.82, 2.24) is 5.01 Å². The lowest BCUT2D eigenvalue weighted by molar-refractivity contribution is -0.156. The number of carbonyl (C=O) groups excluding carboxylic acids is 1. The van der Waals surface area contributed by atoms with Gasteiger partial charge in [-0.25, -0.2) is 9.59 Å². The third-order valence-electron chi connectivity index (χ3n) is 4.00. The van der Waals surface area contributed by atoms with Crippen LogP contribution in [0.25, 0.3) is 0 Å². The van der Waals surface area contributed by atoms with E-state index in [-0.39, 0.29) is 5.70 Å². The third kappa shape index (κ3) is 2.47. The summed E-state index contributed by atoms with van der Waals surface area (Å²) in [6.07, 6.45) is 0. The fraction of sp³-hybridized carbons (Fsp3) is 0.267. The molecular weight excluding hydrogens is 324 g/mol. The van der Waals surface area contributed by atoms with Crippen molar-refractivity contribution in [3.63, 3.8) is 0 Å². The minimum atomic E-state index is -2.03. The second-order valence-electron chi connectivity index (χ2n) is 5.28. The molecule has 7 nitrogen and oxygen atoms in total. The Labute approximate surface area is 137 Å². The lowest BCUT2D eigenvalue weighted by Crippen LogP contribution is -2.66. The summed E-state index contributed by atoms with van der Waals surface area (Å²) in [5.41, 5.74) is -1.96. The summed E-state index contributed by atoms with van der Waals surface area (Å²) in [4.78, 5) is 35.6. The van der Waals surface area contributed by atoms with Crippen LogP contribution in [0, 0.1) is 0 Å². The SMILES string of the molecule is CC1=C(C(=O)O)C(=O)C(C)(C(=O)O)N(C)N1c1ccc(Cl)cc1. The zero-order chi connectivity index (χ0) is 17.5. The molecule has 1 aromatic carbocycles. The van der Waals surface area contributed by atoms with Crippen molar-refractivity contribution in [2.45, 2.75) is 19.4 Å². The van der Waals surface area contributed by atoms with Crippen molar-refractivity contribution >= 4 is 35.0 Å². The molecule has 122 valence electrons. The van der Waals surface area contributed by atoms with Gasteiger partial charge in [0.25, 0.3) is 0 Å². The highest BCUT2D eigenvalue weighted by Gasteiger charge is 2.54. The maximum atomic E-state index is 12.5. The Morgan fingerprint density at radius 3 is 2.13 bits per heavy atom. The van der Waals surface area contributed by atoms with Gasteiger partial charge >= 0.3 is 11.9 Å². The van der Waals surface area contributed by atoms with E-state index in [9.17, 15) is 24.6 Å². The van der Waals surface area contributed by atoms with Crippen molar-refractivity contribution in [1.29, 1.82) is 0 Å². The number of rotatable bonds is 3. The van der Waals surface area contributed by atoms with Crippen LogP contribution in [0.5, 0.6) is 0 Å². The number of likely N-dealkylation sites (N-methyl/N-ethyl adjacent to an activating group) is 1. The predicted octanol–water partition coefficient (Wildman–Crippen LogP) is 1.78.